The summed E-state index contributed by atoms with van der Waals surface area (Å²) in [5.74, 6) is -1.52. The number of hydrogen-bond donors (Lipinski definition) is 1. The molecule has 0 fully saturated rings. The first-order valence-electron chi connectivity index (χ1n) is 8.46. The van der Waals surface area contributed by atoms with Crippen molar-refractivity contribution >= 4 is 21.4 Å². The molecule has 0 aliphatic carbocycles. The van der Waals surface area contributed by atoms with Gasteiger partial charge in [0.1, 0.15) is 10.8 Å². The molecule has 4 nitrogen and oxygen atoms in total. The Morgan fingerprint density at radius 1 is 1.10 bits per heavy atom. The van der Waals surface area contributed by atoms with Crippen molar-refractivity contribution in [1.29, 1.82) is 0 Å². The van der Waals surface area contributed by atoms with Crippen molar-refractivity contribution in [2.45, 2.75) is 24.4 Å². The van der Waals surface area contributed by atoms with Gasteiger partial charge in [-0.25, -0.2) is 22.5 Å². The summed E-state index contributed by atoms with van der Waals surface area (Å²) in [5, 5.41) is 0.800. The normalized spacial score (nSPS) is 12.3. The largest absolute Gasteiger partial charge is 0.419 e. The van der Waals surface area contributed by atoms with Crippen LogP contribution in [0.4, 0.5) is 17.6 Å². The molecule has 0 unspecified atom stereocenters. The molecule has 1 aromatic heterocycles. The van der Waals surface area contributed by atoms with Crippen LogP contribution in [-0.2, 0) is 22.6 Å². The van der Waals surface area contributed by atoms with Crippen LogP contribution in [0, 0.1) is 12.7 Å². The van der Waals surface area contributed by atoms with Crippen LogP contribution in [0.3, 0.4) is 0 Å². The van der Waals surface area contributed by atoms with Gasteiger partial charge < -0.3 is 0 Å². The fourth-order valence-electron chi connectivity index (χ4n) is 2.64. The lowest BCUT2D eigenvalue weighted by atomic mass is 10.2. The number of nitrogens with zero attached hydrogens (tertiary/aromatic N) is 1. The summed E-state index contributed by atoms with van der Waals surface area (Å²) in [7, 11) is -4.22. The second-order valence-corrected chi connectivity index (χ2v) is 9.03. The Labute approximate surface area is 169 Å². The summed E-state index contributed by atoms with van der Waals surface area (Å²) >= 11 is 1.42. The molecule has 2 aromatic carbocycles. The van der Waals surface area contributed by atoms with Crippen LogP contribution >= 0.6 is 11.3 Å². The smallest absolute Gasteiger partial charge is 0.241 e. The summed E-state index contributed by atoms with van der Waals surface area (Å²) < 4.78 is 78.7. The van der Waals surface area contributed by atoms with Gasteiger partial charge >= 0.3 is 6.18 Å². The first-order valence-corrected chi connectivity index (χ1v) is 10.8. The van der Waals surface area contributed by atoms with Crippen molar-refractivity contribution in [2.75, 3.05) is 6.54 Å². The van der Waals surface area contributed by atoms with Crippen LogP contribution in [0.25, 0.3) is 10.6 Å². The zero-order valence-electron chi connectivity index (χ0n) is 15.1. The van der Waals surface area contributed by atoms with E-state index >= 15 is 0 Å². The van der Waals surface area contributed by atoms with Crippen molar-refractivity contribution < 1.29 is 26.0 Å². The Bertz CT molecular complexity index is 1110. The fraction of sp³-hybridized carbons (Fsp3) is 0.211. The lowest BCUT2D eigenvalue weighted by molar-refractivity contribution is -0.140. The van der Waals surface area contributed by atoms with Gasteiger partial charge in [0.05, 0.1) is 16.2 Å². The van der Waals surface area contributed by atoms with E-state index in [4.69, 9.17) is 0 Å². The Morgan fingerprint density at radius 2 is 1.79 bits per heavy atom. The standard InChI is InChI=1S/C19H16F4N2O2S2/c1-12-17(28-18(25-12)13-5-3-2-4-6-13)9-10-24-29(26,27)14-7-8-16(20)15(11-14)19(21,22)23/h2-8,11,24H,9-10H2,1H3. The van der Waals surface area contributed by atoms with Crippen molar-refractivity contribution in [2.24, 2.45) is 0 Å². The van der Waals surface area contributed by atoms with Gasteiger partial charge in [-0.3, -0.25) is 0 Å². The summed E-state index contributed by atoms with van der Waals surface area (Å²) in [6.07, 6.45) is -4.66. The second-order valence-electron chi connectivity index (χ2n) is 6.18. The molecule has 1 heterocycles. The number of sulfonamides is 1. The van der Waals surface area contributed by atoms with Crippen LogP contribution in [0.1, 0.15) is 16.1 Å². The summed E-state index contributed by atoms with van der Waals surface area (Å²) in [4.78, 5) is 4.70. The first-order chi connectivity index (χ1) is 13.6. The Hall–Kier alpha value is -2.30. The molecule has 10 heteroatoms. The van der Waals surface area contributed by atoms with Crippen LogP contribution in [0.2, 0.25) is 0 Å². The summed E-state index contributed by atoms with van der Waals surface area (Å²) in [6.45, 7) is 1.78. The number of halogens is 4. The van der Waals surface area contributed by atoms with Crippen molar-refractivity contribution in [3.63, 3.8) is 0 Å². The number of aromatic nitrogens is 1. The zero-order valence-corrected chi connectivity index (χ0v) is 16.8. The topological polar surface area (TPSA) is 59.1 Å². The molecule has 0 atom stereocenters. The lowest BCUT2D eigenvalue weighted by Gasteiger charge is -2.11. The van der Waals surface area contributed by atoms with E-state index in [1.807, 2.05) is 37.3 Å². The van der Waals surface area contributed by atoms with E-state index in [9.17, 15) is 26.0 Å². The van der Waals surface area contributed by atoms with Crippen molar-refractivity contribution in [3.05, 3.63) is 70.5 Å². The third-order valence-corrected chi connectivity index (χ3v) is 6.84. The number of thiazole rings is 1. The zero-order chi connectivity index (χ0) is 21.2. The first kappa shape index (κ1) is 21.4. The van der Waals surface area contributed by atoms with Gasteiger partial charge in [0, 0.05) is 17.0 Å². The molecule has 0 bridgehead atoms. The predicted molar refractivity (Wildman–Crippen MR) is 103 cm³/mol. The highest BCUT2D eigenvalue weighted by atomic mass is 32.2. The molecule has 3 rings (SSSR count). The average molecular weight is 444 g/mol. The highest BCUT2D eigenvalue weighted by Crippen LogP contribution is 2.33. The Morgan fingerprint density at radius 3 is 2.45 bits per heavy atom. The number of hydrogen-bond acceptors (Lipinski definition) is 4. The molecular formula is C19H16F4N2O2S2. The van der Waals surface area contributed by atoms with E-state index in [-0.39, 0.29) is 6.54 Å². The minimum atomic E-state index is -4.98. The number of benzene rings is 2. The maximum atomic E-state index is 13.4. The number of nitrogens with one attached hydrogen (secondary N) is 1. The van der Waals surface area contributed by atoms with Crippen LogP contribution < -0.4 is 4.72 Å². The van der Waals surface area contributed by atoms with E-state index in [0.717, 1.165) is 27.2 Å². The number of aryl methyl sites for hydroxylation is 1. The van der Waals surface area contributed by atoms with Gasteiger partial charge in [0.15, 0.2) is 0 Å². The van der Waals surface area contributed by atoms with Gasteiger partial charge in [-0.1, -0.05) is 30.3 Å². The van der Waals surface area contributed by atoms with Crippen molar-refractivity contribution in [1.82, 2.24) is 9.71 Å². The molecular weight excluding hydrogens is 428 g/mol. The van der Waals surface area contributed by atoms with Gasteiger partial charge in [-0.2, -0.15) is 13.2 Å². The van der Waals surface area contributed by atoms with Gasteiger partial charge in [0.25, 0.3) is 0 Å². The molecule has 1 N–H and O–H groups in total. The van der Waals surface area contributed by atoms with E-state index in [1.165, 1.54) is 11.3 Å². The van der Waals surface area contributed by atoms with Crippen molar-refractivity contribution in [3.8, 4) is 10.6 Å². The van der Waals surface area contributed by atoms with E-state index in [0.29, 0.717) is 18.6 Å². The monoisotopic (exact) mass is 444 g/mol. The molecule has 0 amide bonds. The minimum absolute atomic E-state index is 0.0294. The predicted octanol–water partition coefficient (Wildman–Crippen LogP) is 4.80. The highest BCUT2D eigenvalue weighted by molar-refractivity contribution is 7.89. The fourth-order valence-corrected chi connectivity index (χ4v) is 4.76. The molecule has 3 aromatic rings. The molecule has 0 aliphatic heterocycles. The van der Waals surface area contributed by atoms with E-state index < -0.39 is 32.5 Å². The number of alkyl halides is 3. The van der Waals surface area contributed by atoms with E-state index in [2.05, 4.69) is 9.71 Å². The van der Waals surface area contributed by atoms with E-state index in [1.54, 1.807) is 0 Å². The third-order valence-electron chi connectivity index (χ3n) is 4.11. The van der Waals surface area contributed by atoms with Gasteiger partial charge in [-0.05, 0) is 31.5 Å². The quantitative estimate of drug-likeness (QED) is 0.556. The molecule has 0 spiro atoms. The molecule has 154 valence electrons. The van der Waals surface area contributed by atoms with Crippen LogP contribution in [0.15, 0.2) is 53.4 Å². The molecule has 0 radical (unpaired) electrons. The molecule has 0 saturated carbocycles. The van der Waals surface area contributed by atoms with Crippen LogP contribution in [0.5, 0.6) is 0 Å². The highest BCUT2D eigenvalue weighted by Gasteiger charge is 2.35. The Kier molecular flexibility index (Phi) is 6.06. The summed E-state index contributed by atoms with van der Waals surface area (Å²) in [5.41, 5.74) is 0.0822. The third kappa shape index (κ3) is 5.01. The SMILES string of the molecule is Cc1nc(-c2ccccc2)sc1CCNS(=O)(=O)c1ccc(F)c(C(F)(F)F)c1. The maximum absolute atomic E-state index is 13.4. The summed E-state index contributed by atoms with van der Waals surface area (Å²) in [6, 6.07) is 11.1. The lowest BCUT2D eigenvalue weighted by Crippen LogP contribution is -2.26. The Balaban J connectivity index is 1.71. The molecule has 29 heavy (non-hydrogen) atoms. The number of rotatable bonds is 6. The maximum Gasteiger partial charge on any atom is 0.419 e. The molecule has 0 saturated heterocycles. The average Bonchev–Trinajstić information content (AvgIpc) is 3.02. The molecule has 0 aliphatic rings. The van der Waals surface area contributed by atoms with Gasteiger partial charge in [-0.15, -0.1) is 11.3 Å². The minimum Gasteiger partial charge on any atom is -0.241 e. The van der Waals surface area contributed by atoms with Crippen LogP contribution in [-0.4, -0.2) is 19.9 Å². The van der Waals surface area contributed by atoms with Gasteiger partial charge in [0.2, 0.25) is 10.0 Å². The second kappa shape index (κ2) is 8.21.